The van der Waals surface area contributed by atoms with E-state index in [-0.39, 0.29) is 24.4 Å². The van der Waals surface area contributed by atoms with Gasteiger partial charge in [0.1, 0.15) is 11.6 Å². The number of carbonyl (C=O) groups excluding carboxylic acids is 2. The third-order valence-corrected chi connectivity index (χ3v) is 3.14. The Hall–Kier alpha value is -1.26. The van der Waals surface area contributed by atoms with Crippen LogP contribution in [0.4, 0.5) is 4.79 Å². The van der Waals surface area contributed by atoms with Crippen molar-refractivity contribution in [3.05, 3.63) is 0 Å². The molecule has 0 saturated heterocycles. The Kier molecular flexibility index (Phi) is 7.75. The number of hydrogen-bond donors (Lipinski definition) is 1. The molecule has 0 aliphatic carbocycles. The lowest BCUT2D eigenvalue weighted by molar-refractivity contribution is -0.148. The summed E-state index contributed by atoms with van der Waals surface area (Å²) in [6.45, 7) is 15.5. The van der Waals surface area contributed by atoms with Crippen LogP contribution < -0.4 is 5.32 Å². The average Bonchev–Trinajstić information content (AvgIpc) is 2.24. The van der Waals surface area contributed by atoms with Crippen molar-refractivity contribution >= 4 is 12.1 Å². The van der Waals surface area contributed by atoms with Crippen LogP contribution in [0.1, 0.15) is 55.4 Å². The fourth-order valence-electron chi connectivity index (χ4n) is 2.52. The highest BCUT2D eigenvalue weighted by Gasteiger charge is 2.36. The van der Waals surface area contributed by atoms with Crippen molar-refractivity contribution in [3.8, 4) is 0 Å². The summed E-state index contributed by atoms with van der Waals surface area (Å²) in [5.41, 5.74) is -0.603. The van der Waals surface area contributed by atoms with Crippen LogP contribution in [-0.4, -0.2) is 30.3 Å². The van der Waals surface area contributed by atoms with Crippen molar-refractivity contribution in [2.75, 3.05) is 6.61 Å². The third kappa shape index (κ3) is 7.34. The molecule has 1 atom stereocenters. The Morgan fingerprint density at radius 3 is 1.86 bits per heavy atom. The topological polar surface area (TPSA) is 64.6 Å². The van der Waals surface area contributed by atoms with E-state index in [0.717, 1.165) is 0 Å². The minimum absolute atomic E-state index is 0.0171. The lowest BCUT2D eigenvalue weighted by Crippen LogP contribution is -2.51. The summed E-state index contributed by atoms with van der Waals surface area (Å²) in [6.07, 6.45) is -0.591. The van der Waals surface area contributed by atoms with Crippen LogP contribution in [0.3, 0.4) is 0 Å². The number of ether oxygens (including phenoxy) is 2. The quantitative estimate of drug-likeness (QED) is 0.764. The molecule has 0 spiro atoms. The maximum absolute atomic E-state index is 12.2. The lowest BCUT2D eigenvalue weighted by Gasteiger charge is -2.32. The second-order valence-electron chi connectivity index (χ2n) is 6.94. The van der Waals surface area contributed by atoms with Gasteiger partial charge in [-0.25, -0.2) is 9.59 Å². The van der Waals surface area contributed by atoms with E-state index >= 15 is 0 Å². The number of esters is 1. The molecule has 1 unspecified atom stereocenters. The molecule has 0 radical (unpaired) electrons. The largest absolute Gasteiger partial charge is 0.464 e. The minimum Gasteiger partial charge on any atom is -0.464 e. The van der Waals surface area contributed by atoms with Gasteiger partial charge in [0.15, 0.2) is 0 Å². The molecule has 1 N–H and O–H groups in total. The summed E-state index contributed by atoms with van der Waals surface area (Å²) >= 11 is 0. The first-order valence-electron chi connectivity index (χ1n) is 7.65. The van der Waals surface area contributed by atoms with Crippen LogP contribution in [0, 0.1) is 17.8 Å². The van der Waals surface area contributed by atoms with E-state index in [1.54, 1.807) is 27.7 Å². The van der Waals surface area contributed by atoms with Crippen LogP contribution in [-0.2, 0) is 14.3 Å². The molecular formula is C16H31NO4. The standard InChI is InChI=1S/C16H31NO4/c1-9-20-14(18)13(12(10(2)3)11(4)5)17-15(19)21-16(6,7)8/h10-13H,9H2,1-8H3,(H,17,19). The van der Waals surface area contributed by atoms with Crippen molar-refractivity contribution in [3.63, 3.8) is 0 Å². The van der Waals surface area contributed by atoms with Gasteiger partial charge in [-0.05, 0) is 45.4 Å². The van der Waals surface area contributed by atoms with Crippen LogP contribution in [0.25, 0.3) is 0 Å². The molecule has 0 aliphatic rings. The van der Waals surface area contributed by atoms with Gasteiger partial charge >= 0.3 is 12.1 Å². The molecular weight excluding hydrogens is 270 g/mol. The molecule has 0 heterocycles. The molecule has 5 nitrogen and oxygen atoms in total. The number of nitrogens with one attached hydrogen (secondary N) is 1. The number of carbonyl (C=O) groups is 2. The molecule has 124 valence electrons. The highest BCUT2D eigenvalue weighted by Crippen LogP contribution is 2.25. The molecule has 0 aliphatic heterocycles. The fourth-order valence-corrected chi connectivity index (χ4v) is 2.52. The zero-order chi connectivity index (χ0) is 16.8. The highest BCUT2D eigenvalue weighted by molar-refractivity contribution is 5.81. The van der Waals surface area contributed by atoms with E-state index in [1.165, 1.54) is 0 Å². The highest BCUT2D eigenvalue weighted by atomic mass is 16.6. The first kappa shape index (κ1) is 19.7. The average molecular weight is 301 g/mol. The van der Waals surface area contributed by atoms with Gasteiger partial charge in [0, 0.05) is 0 Å². The lowest BCUT2D eigenvalue weighted by atomic mass is 9.80. The normalized spacial score (nSPS) is 13.5. The molecule has 1 amide bonds. The molecule has 0 aromatic heterocycles. The van der Waals surface area contributed by atoms with Crippen molar-refractivity contribution < 1.29 is 19.1 Å². The van der Waals surface area contributed by atoms with Crippen LogP contribution in [0.2, 0.25) is 0 Å². The van der Waals surface area contributed by atoms with Crippen LogP contribution >= 0.6 is 0 Å². The Morgan fingerprint density at radius 1 is 1.05 bits per heavy atom. The SMILES string of the molecule is CCOC(=O)C(NC(=O)OC(C)(C)C)C(C(C)C)C(C)C. The first-order valence-corrected chi connectivity index (χ1v) is 7.65. The second-order valence-corrected chi connectivity index (χ2v) is 6.94. The van der Waals surface area contributed by atoms with Crippen LogP contribution in [0.15, 0.2) is 0 Å². The number of amides is 1. The van der Waals surface area contributed by atoms with Crippen molar-refractivity contribution in [2.45, 2.75) is 67.0 Å². The zero-order valence-corrected chi connectivity index (χ0v) is 14.6. The number of rotatable bonds is 6. The molecule has 5 heteroatoms. The number of hydrogen-bond acceptors (Lipinski definition) is 4. The van der Waals surface area contributed by atoms with Gasteiger partial charge in [0.25, 0.3) is 0 Å². The molecule has 0 aromatic carbocycles. The van der Waals surface area contributed by atoms with Gasteiger partial charge < -0.3 is 14.8 Å². The van der Waals surface area contributed by atoms with Gasteiger partial charge in [-0.1, -0.05) is 27.7 Å². The van der Waals surface area contributed by atoms with Crippen molar-refractivity contribution in [1.29, 1.82) is 0 Å². The summed E-state index contributed by atoms with van der Waals surface area (Å²) < 4.78 is 10.4. The summed E-state index contributed by atoms with van der Waals surface area (Å²) in [5, 5.41) is 2.69. The molecule has 0 fully saturated rings. The van der Waals surface area contributed by atoms with Crippen LogP contribution in [0.5, 0.6) is 0 Å². The van der Waals surface area contributed by atoms with Gasteiger partial charge in [-0.3, -0.25) is 0 Å². The van der Waals surface area contributed by atoms with Gasteiger partial charge in [0.2, 0.25) is 0 Å². The Bertz CT molecular complexity index is 337. The van der Waals surface area contributed by atoms with E-state index < -0.39 is 23.7 Å². The Morgan fingerprint density at radius 2 is 1.52 bits per heavy atom. The maximum Gasteiger partial charge on any atom is 0.408 e. The number of alkyl carbamates (subject to hydrolysis) is 1. The van der Waals surface area contributed by atoms with Crippen molar-refractivity contribution in [1.82, 2.24) is 5.32 Å². The minimum atomic E-state index is -0.695. The summed E-state index contributed by atoms with van der Waals surface area (Å²) in [6, 6.07) is -0.695. The van der Waals surface area contributed by atoms with Gasteiger partial charge in [0.05, 0.1) is 6.61 Å². The second kappa shape index (κ2) is 8.25. The fraction of sp³-hybridized carbons (Fsp3) is 0.875. The monoisotopic (exact) mass is 301 g/mol. The van der Waals surface area contributed by atoms with E-state index in [4.69, 9.17) is 9.47 Å². The van der Waals surface area contributed by atoms with Crippen molar-refractivity contribution in [2.24, 2.45) is 17.8 Å². The molecule has 0 bridgehead atoms. The predicted molar refractivity (Wildman–Crippen MR) is 83.0 cm³/mol. The van der Waals surface area contributed by atoms with E-state index in [0.29, 0.717) is 0 Å². The smallest absolute Gasteiger partial charge is 0.408 e. The predicted octanol–water partition coefficient (Wildman–Crippen LogP) is 3.37. The Labute approximate surface area is 128 Å². The zero-order valence-electron chi connectivity index (χ0n) is 14.6. The molecule has 21 heavy (non-hydrogen) atoms. The molecule has 0 aromatic rings. The first-order chi connectivity index (χ1) is 9.49. The van der Waals surface area contributed by atoms with Gasteiger partial charge in [-0.15, -0.1) is 0 Å². The molecule has 0 rings (SSSR count). The van der Waals surface area contributed by atoms with E-state index in [1.807, 2.05) is 27.7 Å². The Balaban J connectivity index is 5.14. The van der Waals surface area contributed by atoms with Gasteiger partial charge in [-0.2, -0.15) is 0 Å². The summed E-state index contributed by atoms with van der Waals surface area (Å²) in [5.74, 6) is 0.0380. The van der Waals surface area contributed by atoms with E-state index in [2.05, 4.69) is 5.32 Å². The third-order valence-electron chi connectivity index (χ3n) is 3.14. The van der Waals surface area contributed by atoms with E-state index in [9.17, 15) is 9.59 Å². The molecule has 0 saturated carbocycles. The maximum atomic E-state index is 12.2. The summed E-state index contributed by atoms with van der Waals surface area (Å²) in [7, 11) is 0. The summed E-state index contributed by atoms with van der Waals surface area (Å²) in [4.78, 5) is 24.2.